The number of anilines is 1. The SMILES string of the molecule is CC(=O)N1CCC(N2Cc3c(nc(C)nc3N[C@H](C)c3cccc(C(F)(F)F)c3F)CCCN(C)CCC2=O)C[C@H]1C. The highest BCUT2D eigenvalue weighted by Crippen LogP contribution is 2.35. The zero-order valence-corrected chi connectivity index (χ0v) is 24.9. The maximum Gasteiger partial charge on any atom is 0.419 e. The molecule has 8 nitrogen and oxygen atoms in total. The Morgan fingerprint density at radius 1 is 1.14 bits per heavy atom. The number of aryl methyl sites for hydroxylation is 2. The molecule has 2 aliphatic rings. The zero-order chi connectivity index (χ0) is 30.8. The summed E-state index contributed by atoms with van der Waals surface area (Å²) in [6, 6.07) is 2.25. The fourth-order valence-electron chi connectivity index (χ4n) is 6.08. The first-order valence-electron chi connectivity index (χ1n) is 14.5. The summed E-state index contributed by atoms with van der Waals surface area (Å²) in [4.78, 5) is 40.9. The number of nitrogens with zero attached hydrogens (tertiary/aromatic N) is 5. The Morgan fingerprint density at radius 2 is 1.88 bits per heavy atom. The van der Waals surface area contributed by atoms with Gasteiger partial charge in [0.15, 0.2) is 0 Å². The highest BCUT2D eigenvalue weighted by Gasteiger charge is 2.36. The zero-order valence-electron chi connectivity index (χ0n) is 24.9. The number of likely N-dealkylation sites (tertiary alicyclic amines) is 1. The summed E-state index contributed by atoms with van der Waals surface area (Å²) in [6.07, 6.45) is -1.84. The molecule has 0 spiro atoms. The number of carbonyl (C=O) groups is 2. The van der Waals surface area contributed by atoms with Gasteiger partial charge in [0.1, 0.15) is 17.5 Å². The van der Waals surface area contributed by atoms with Crippen molar-refractivity contribution >= 4 is 17.6 Å². The topological polar surface area (TPSA) is 81.7 Å². The molecule has 1 N–H and O–H groups in total. The molecule has 0 radical (unpaired) electrons. The molecule has 230 valence electrons. The number of amides is 2. The van der Waals surface area contributed by atoms with Crippen LogP contribution in [0.4, 0.5) is 23.4 Å². The molecule has 0 bridgehead atoms. The highest BCUT2D eigenvalue weighted by atomic mass is 19.4. The third-order valence-corrected chi connectivity index (χ3v) is 8.36. The van der Waals surface area contributed by atoms with Gasteiger partial charge >= 0.3 is 6.18 Å². The van der Waals surface area contributed by atoms with Gasteiger partial charge < -0.3 is 20.0 Å². The number of halogens is 4. The van der Waals surface area contributed by atoms with Crippen molar-refractivity contribution in [1.29, 1.82) is 0 Å². The molecule has 1 aromatic carbocycles. The quantitative estimate of drug-likeness (QED) is 0.497. The average Bonchev–Trinajstić information content (AvgIpc) is 2.92. The minimum absolute atomic E-state index is 0.00265. The summed E-state index contributed by atoms with van der Waals surface area (Å²) in [6.45, 7) is 8.97. The number of alkyl halides is 3. The van der Waals surface area contributed by atoms with Gasteiger partial charge in [-0.1, -0.05) is 12.1 Å². The Labute approximate surface area is 244 Å². The van der Waals surface area contributed by atoms with E-state index >= 15 is 4.39 Å². The predicted octanol–water partition coefficient (Wildman–Crippen LogP) is 5.11. The van der Waals surface area contributed by atoms with E-state index in [1.807, 2.05) is 23.8 Å². The van der Waals surface area contributed by atoms with Crippen LogP contribution < -0.4 is 5.32 Å². The lowest BCUT2D eigenvalue weighted by molar-refractivity contribution is -0.140. The van der Waals surface area contributed by atoms with E-state index < -0.39 is 23.6 Å². The molecule has 1 aromatic heterocycles. The van der Waals surface area contributed by atoms with Crippen LogP contribution in [0, 0.1) is 12.7 Å². The molecule has 1 unspecified atom stereocenters. The fourth-order valence-corrected chi connectivity index (χ4v) is 6.08. The predicted molar refractivity (Wildman–Crippen MR) is 151 cm³/mol. The molecular formula is C30H40F4N6O2. The molecule has 42 heavy (non-hydrogen) atoms. The Hall–Kier alpha value is -3.28. The number of carbonyl (C=O) groups excluding carboxylic acids is 2. The van der Waals surface area contributed by atoms with Crippen molar-refractivity contribution in [2.75, 3.05) is 32.0 Å². The monoisotopic (exact) mass is 592 g/mol. The maximum atomic E-state index is 15.0. The van der Waals surface area contributed by atoms with Crippen LogP contribution in [-0.4, -0.2) is 75.2 Å². The number of nitrogens with one attached hydrogen (secondary N) is 1. The third kappa shape index (κ3) is 7.19. The van der Waals surface area contributed by atoms with Crippen molar-refractivity contribution in [3.05, 3.63) is 52.2 Å². The second-order valence-electron chi connectivity index (χ2n) is 11.5. The van der Waals surface area contributed by atoms with Crippen LogP contribution in [0.3, 0.4) is 0 Å². The molecule has 0 saturated carbocycles. The van der Waals surface area contributed by atoms with Crippen LogP contribution >= 0.6 is 0 Å². The fraction of sp³-hybridized carbons (Fsp3) is 0.600. The maximum absolute atomic E-state index is 15.0. The third-order valence-electron chi connectivity index (χ3n) is 8.36. The van der Waals surface area contributed by atoms with Crippen LogP contribution in [0.2, 0.25) is 0 Å². The normalized spacial score (nSPS) is 21.9. The molecule has 12 heteroatoms. The molecule has 2 aliphatic heterocycles. The van der Waals surface area contributed by atoms with Crippen LogP contribution in [0.1, 0.15) is 80.7 Å². The summed E-state index contributed by atoms with van der Waals surface area (Å²) in [5.74, 6) is -0.497. The van der Waals surface area contributed by atoms with Crippen LogP contribution in [-0.2, 0) is 28.7 Å². The van der Waals surface area contributed by atoms with Gasteiger partial charge in [-0.2, -0.15) is 13.2 Å². The van der Waals surface area contributed by atoms with Crippen molar-refractivity contribution < 1.29 is 27.2 Å². The number of piperidine rings is 1. The van der Waals surface area contributed by atoms with Gasteiger partial charge in [0.05, 0.1) is 23.8 Å². The largest absolute Gasteiger partial charge is 0.419 e. The van der Waals surface area contributed by atoms with Crippen molar-refractivity contribution in [2.45, 2.75) is 90.6 Å². The molecule has 2 aromatic rings. The molecular weight excluding hydrogens is 552 g/mol. The van der Waals surface area contributed by atoms with Gasteiger partial charge in [0.2, 0.25) is 11.8 Å². The van der Waals surface area contributed by atoms with Gasteiger partial charge in [-0.15, -0.1) is 0 Å². The lowest BCUT2D eigenvalue weighted by Crippen LogP contribution is -2.52. The Bertz CT molecular complexity index is 1300. The number of rotatable bonds is 4. The minimum atomic E-state index is -4.82. The Morgan fingerprint density at radius 3 is 2.55 bits per heavy atom. The van der Waals surface area contributed by atoms with E-state index in [1.54, 1.807) is 20.8 Å². The molecule has 4 rings (SSSR count). The van der Waals surface area contributed by atoms with E-state index in [-0.39, 0.29) is 36.0 Å². The van der Waals surface area contributed by atoms with E-state index in [0.29, 0.717) is 56.0 Å². The first kappa shape index (κ1) is 31.7. The second-order valence-corrected chi connectivity index (χ2v) is 11.5. The van der Waals surface area contributed by atoms with Gasteiger partial charge in [-0.05, 0) is 66.1 Å². The van der Waals surface area contributed by atoms with Crippen LogP contribution in [0.5, 0.6) is 0 Å². The van der Waals surface area contributed by atoms with Gasteiger partial charge in [0, 0.05) is 49.6 Å². The summed E-state index contributed by atoms with van der Waals surface area (Å²) in [5.41, 5.74) is -0.0198. The van der Waals surface area contributed by atoms with Gasteiger partial charge in [-0.3, -0.25) is 9.59 Å². The van der Waals surface area contributed by atoms with Crippen LogP contribution in [0.25, 0.3) is 0 Å². The number of hydrogen-bond acceptors (Lipinski definition) is 6. The smallest absolute Gasteiger partial charge is 0.363 e. The van der Waals surface area contributed by atoms with Gasteiger partial charge in [-0.25, -0.2) is 14.4 Å². The first-order valence-corrected chi connectivity index (χ1v) is 14.5. The van der Waals surface area contributed by atoms with E-state index in [0.717, 1.165) is 24.7 Å². The van der Waals surface area contributed by atoms with Gasteiger partial charge in [0.25, 0.3) is 0 Å². The Balaban J connectivity index is 1.73. The molecule has 2 amide bonds. The van der Waals surface area contributed by atoms with E-state index in [4.69, 9.17) is 4.98 Å². The summed E-state index contributed by atoms with van der Waals surface area (Å²) in [7, 11) is 1.98. The molecule has 3 heterocycles. The Kier molecular flexibility index (Phi) is 9.74. The first-order chi connectivity index (χ1) is 19.8. The minimum Gasteiger partial charge on any atom is -0.363 e. The van der Waals surface area contributed by atoms with Crippen molar-refractivity contribution in [3.63, 3.8) is 0 Å². The molecule has 1 saturated heterocycles. The lowest BCUT2D eigenvalue weighted by Gasteiger charge is -2.42. The number of aromatic nitrogens is 2. The van der Waals surface area contributed by atoms with Crippen molar-refractivity contribution in [3.8, 4) is 0 Å². The molecule has 0 aliphatic carbocycles. The number of benzene rings is 1. The van der Waals surface area contributed by atoms with E-state index in [9.17, 15) is 22.8 Å². The average molecular weight is 593 g/mol. The number of fused-ring (bicyclic) bond motifs is 1. The summed E-state index contributed by atoms with van der Waals surface area (Å²) < 4.78 is 55.3. The molecule has 3 atom stereocenters. The van der Waals surface area contributed by atoms with E-state index in [2.05, 4.69) is 15.2 Å². The van der Waals surface area contributed by atoms with Crippen molar-refractivity contribution in [2.24, 2.45) is 0 Å². The standard InChI is InChI=1S/C30H40F4N6O2/c1-18-16-22(11-15-39(18)21(4)41)40-17-24-26(10-7-13-38(5)14-12-27(40)42)36-20(3)37-29(24)35-19(2)23-8-6-9-25(28(23)31)30(32,33)34/h6,8-9,18-19,22H,7,10-17H2,1-5H3,(H,35,36,37)/t18-,19-,22?/m1/s1. The number of hydrogen-bond donors (Lipinski definition) is 1. The van der Waals surface area contributed by atoms with Crippen LogP contribution in [0.15, 0.2) is 18.2 Å². The second kappa shape index (κ2) is 12.9. The lowest BCUT2D eigenvalue weighted by atomic mass is 9.95. The van der Waals surface area contributed by atoms with E-state index in [1.165, 1.54) is 12.1 Å². The molecule has 1 fully saturated rings. The summed E-state index contributed by atoms with van der Waals surface area (Å²) >= 11 is 0. The highest BCUT2D eigenvalue weighted by molar-refractivity contribution is 5.77. The van der Waals surface area contributed by atoms with Crippen molar-refractivity contribution in [1.82, 2.24) is 24.7 Å². The summed E-state index contributed by atoms with van der Waals surface area (Å²) in [5, 5.41) is 3.16.